The lowest BCUT2D eigenvalue weighted by molar-refractivity contribution is -0.386. The smallest absolute Gasteiger partial charge is 0.311 e. The molecule has 2 aromatic carbocycles. The summed E-state index contributed by atoms with van der Waals surface area (Å²) in [6.07, 6.45) is -1.02. The molecule has 2 rings (SSSR count). The minimum absolute atomic E-state index is 0.0485. The van der Waals surface area contributed by atoms with Gasteiger partial charge in [0.1, 0.15) is 11.5 Å². The molecule has 0 saturated heterocycles. The molecule has 1 amide bonds. The normalized spacial score (nSPS) is 11.6. The summed E-state index contributed by atoms with van der Waals surface area (Å²) in [6.45, 7) is 1.25. The van der Waals surface area contributed by atoms with Crippen LogP contribution in [0.25, 0.3) is 0 Å². The molecule has 0 heterocycles. The molecule has 2 aromatic rings. The van der Waals surface area contributed by atoms with Crippen molar-refractivity contribution in [2.75, 3.05) is 13.2 Å². The highest BCUT2D eigenvalue weighted by molar-refractivity contribution is 6.35. The van der Waals surface area contributed by atoms with E-state index in [0.717, 1.165) is 0 Å². The molecule has 0 fully saturated rings. The maximum atomic E-state index is 11.9. The Balaban J connectivity index is 2.25. The van der Waals surface area contributed by atoms with Crippen molar-refractivity contribution in [1.82, 2.24) is 5.32 Å². The molecule has 10 heteroatoms. The van der Waals surface area contributed by atoms with Crippen LogP contribution in [0.2, 0.25) is 10.0 Å². The van der Waals surface area contributed by atoms with Crippen LogP contribution in [-0.4, -0.2) is 35.2 Å². The first-order valence-corrected chi connectivity index (χ1v) is 8.54. The summed E-state index contributed by atoms with van der Waals surface area (Å²) in [7, 11) is 0. The Morgan fingerprint density at radius 1 is 1.26 bits per heavy atom. The molecule has 0 aromatic heterocycles. The summed E-state index contributed by atoms with van der Waals surface area (Å²) in [6, 6.07) is 8.50. The number of carbonyl (C=O) groups is 1. The number of nitro groups is 1. The second kappa shape index (κ2) is 9.40. The Morgan fingerprint density at radius 3 is 2.63 bits per heavy atom. The molecule has 144 valence electrons. The van der Waals surface area contributed by atoms with E-state index in [2.05, 4.69) is 5.32 Å². The fourth-order valence-corrected chi connectivity index (χ4v) is 2.50. The van der Waals surface area contributed by atoms with E-state index in [9.17, 15) is 14.9 Å². The predicted molar refractivity (Wildman–Crippen MR) is 99.8 cm³/mol. The summed E-state index contributed by atoms with van der Waals surface area (Å²) in [5.41, 5.74) is -0.327. The minimum Gasteiger partial charge on any atom is -0.474 e. The molecule has 0 aliphatic heterocycles. The Kier molecular flexibility index (Phi) is 7.23. The number of aliphatic hydroxyl groups is 1. The van der Waals surface area contributed by atoms with Gasteiger partial charge < -0.3 is 19.9 Å². The second-order valence-corrected chi connectivity index (χ2v) is 6.18. The first-order valence-electron chi connectivity index (χ1n) is 7.78. The van der Waals surface area contributed by atoms with Crippen LogP contribution in [0.15, 0.2) is 36.4 Å². The van der Waals surface area contributed by atoms with E-state index in [4.69, 9.17) is 37.8 Å². The summed E-state index contributed by atoms with van der Waals surface area (Å²) >= 11 is 11.9. The van der Waals surface area contributed by atoms with Gasteiger partial charge in [-0.15, -0.1) is 0 Å². The maximum absolute atomic E-state index is 11.9. The zero-order valence-electron chi connectivity index (χ0n) is 14.1. The van der Waals surface area contributed by atoms with Gasteiger partial charge in [-0.2, -0.15) is 0 Å². The van der Waals surface area contributed by atoms with Crippen molar-refractivity contribution in [3.8, 4) is 17.2 Å². The molecule has 0 aliphatic carbocycles. The monoisotopic (exact) mass is 414 g/mol. The lowest BCUT2D eigenvalue weighted by atomic mass is 10.2. The third-order valence-electron chi connectivity index (χ3n) is 3.33. The third kappa shape index (κ3) is 5.72. The molecule has 0 saturated carbocycles. The number of hydrogen-bond donors (Lipinski definition) is 2. The molecule has 8 nitrogen and oxygen atoms in total. The second-order valence-electron chi connectivity index (χ2n) is 5.34. The van der Waals surface area contributed by atoms with Gasteiger partial charge in [0.05, 0.1) is 16.6 Å². The number of halogens is 2. The predicted octanol–water partition coefficient (Wildman–Crippen LogP) is 3.57. The van der Waals surface area contributed by atoms with Crippen molar-refractivity contribution in [3.05, 3.63) is 56.6 Å². The van der Waals surface area contributed by atoms with Gasteiger partial charge in [-0.25, -0.2) is 0 Å². The van der Waals surface area contributed by atoms with E-state index < -0.39 is 16.9 Å². The van der Waals surface area contributed by atoms with E-state index in [1.54, 1.807) is 12.1 Å². The third-order valence-corrected chi connectivity index (χ3v) is 3.86. The van der Waals surface area contributed by atoms with Crippen molar-refractivity contribution in [2.24, 2.45) is 0 Å². The van der Waals surface area contributed by atoms with Crippen molar-refractivity contribution in [2.45, 2.75) is 13.0 Å². The molecule has 27 heavy (non-hydrogen) atoms. The topological polar surface area (TPSA) is 111 Å². The van der Waals surface area contributed by atoms with Crippen LogP contribution in [0.3, 0.4) is 0 Å². The standard InChI is InChI=1S/C17H16Cl2N2O6/c1-10(17(23)20-6-7-22)26-16-9-12(3-4-14(16)21(24)25)27-15-5-2-11(18)8-13(15)19/h2-5,8-10,22H,6-7H2,1H3,(H,20,23). The van der Waals surface area contributed by atoms with Gasteiger partial charge in [0, 0.05) is 23.7 Å². The molecule has 1 unspecified atom stereocenters. The minimum atomic E-state index is -1.02. The number of nitro benzene ring substituents is 1. The first kappa shape index (κ1) is 20.8. The van der Waals surface area contributed by atoms with Gasteiger partial charge in [-0.3, -0.25) is 14.9 Å². The van der Waals surface area contributed by atoms with E-state index >= 15 is 0 Å². The molecule has 1 atom stereocenters. The Labute approximate surface area is 164 Å². The van der Waals surface area contributed by atoms with Crippen LogP contribution in [0.4, 0.5) is 5.69 Å². The Bertz CT molecular complexity index is 846. The number of ether oxygens (including phenoxy) is 2. The van der Waals surface area contributed by atoms with Gasteiger partial charge in [-0.05, 0) is 31.2 Å². The molecule has 0 bridgehead atoms. The van der Waals surface area contributed by atoms with Crippen molar-refractivity contribution < 1.29 is 24.3 Å². The highest BCUT2D eigenvalue weighted by atomic mass is 35.5. The van der Waals surface area contributed by atoms with Crippen LogP contribution < -0.4 is 14.8 Å². The van der Waals surface area contributed by atoms with Crippen molar-refractivity contribution in [1.29, 1.82) is 0 Å². The number of benzene rings is 2. The fraction of sp³-hybridized carbons (Fsp3) is 0.235. The van der Waals surface area contributed by atoms with Gasteiger partial charge in [0.25, 0.3) is 5.91 Å². The Hall–Kier alpha value is -2.55. The zero-order valence-corrected chi connectivity index (χ0v) is 15.7. The fourth-order valence-electron chi connectivity index (χ4n) is 2.05. The highest BCUT2D eigenvalue weighted by Crippen LogP contribution is 2.36. The van der Waals surface area contributed by atoms with Crippen LogP contribution in [-0.2, 0) is 4.79 Å². The summed E-state index contributed by atoms with van der Waals surface area (Å²) in [5.74, 6) is -0.142. The van der Waals surface area contributed by atoms with Crippen LogP contribution in [0.5, 0.6) is 17.2 Å². The van der Waals surface area contributed by atoms with Gasteiger partial charge in [-0.1, -0.05) is 23.2 Å². The number of rotatable bonds is 8. The van der Waals surface area contributed by atoms with Gasteiger partial charge in [0.2, 0.25) is 5.75 Å². The summed E-state index contributed by atoms with van der Waals surface area (Å²) < 4.78 is 11.0. The summed E-state index contributed by atoms with van der Waals surface area (Å²) in [5, 5.41) is 23.1. The van der Waals surface area contributed by atoms with Crippen LogP contribution >= 0.6 is 23.2 Å². The number of hydrogen-bond acceptors (Lipinski definition) is 6. The molecular formula is C17H16Cl2N2O6. The largest absolute Gasteiger partial charge is 0.474 e. The van der Waals surface area contributed by atoms with Crippen molar-refractivity contribution in [3.63, 3.8) is 0 Å². The van der Waals surface area contributed by atoms with E-state index in [-0.39, 0.29) is 35.4 Å². The number of carbonyl (C=O) groups excluding carboxylic acids is 1. The summed E-state index contributed by atoms with van der Waals surface area (Å²) in [4.78, 5) is 22.5. The molecule has 0 spiro atoms. The first-order chi connectivity index (χ1) is 12.8. The van der Waals surface area contributed by atoms with E-state index in [1.807, 2.05) is 0 Å². The zero-order chi connectivity index (χ0) is 20.0. The number of nitrogens with one attached hydrogen (secondary N) is 1. The van der Waals surface area contributed by atoms with Gasteiger partial charge >= 0.3 is 5.69 Å². The van der Waals surface area contributed by atoms with Gasteiger partial charge in [0.15, 0.2) is 6.10 Å². The number of nitrogens with zero attached hydrogens (tertiary/aromatic N) is 1. The van der Waals surface area contributed by atoms with E-state index in [1.165, 1.54) is 31.2 Å². The van der Waals surface area contributed by atoms with Crippen LogP contribution in [0.1, 0.15) is 6.92 Å². The quantitative estimate of drug-likeness (QED) is 0.504. The van der Waals surface area contributed by atoms with E-state index in [0.29, 0.717) is 10.8 Å². The molecular weight excluding hydrogens is 399 g/mol. The average Bonchev–Trinajstić information content (AvgIpc) is 2.62. The molecule has 2 N–H and O–H groups in total. The van der Waals surface area contributed by atoms with Crippen LogP contribution in [0, 0.1) is 10.1 Å². The molecule has 0 radical (unpaired) electrons. The lowest BCUT2D eigenvalue weighted by Gasteiger charge is -2.15. The highest BCUT2D eigenvalue weighted by Gasteiger charge is 2.22. The lowest BCUT2D eigenvalue weighted by Crippen LogP contribution is -2.37. The number of aliphatic hydroxyl groups excluding tert-OH is 1. The number of amides is 1. The maximum Gasteiger partial charge on any atom is 0.311 e. The molecule has 0 aliphatic rings. The SMILES string of the molecule is CC(Oc1cc(Oc2ccc(Cl)cc2Cl)ccc1[N+](=O)[O-])C(=O)NCCO. The van der Waals surface area contributed by atoms with Crippen molar-refractivity contribution >= 4 is 34.8 Å². The Morgan fingerprint density at radius 2 is 2.00 bits per heavy atom. The average molecular weight is 415 g/mol.